The maximum Gasteiger partial charge on any atom is 0.225 e. The van der Waals surface area contributed by atoms with E-state index in [1.807, 2.05) is 13.1 Å². The number of rotatable bonds is 5. The molecule has 1 aliphatic heterocycles. The van der Waals surface area contributed by atoms with Gasteiger partial charge in [-0.1, -0.05) is 6.92 Å². The Bertz CT molecular complexity index is 420. The van der Waals surface area contributed by atoms with Gasteiger partial charge in [-0.15, -0.1) is 0 Å². The van der Waals surface area contributed by atoms with E-state index in [9.17, 15) is 0 Å². The molecule has 0 bridgehead atoms. The Kier molecular flexibility index (Phi) is 4.71. The lowest BCUT2D eigenvalue weighted by Gasteiger charge is -2.27. The van der Waals surface area contributed by atoms with Gasteiger partial charge in [0.15, 0.2) is 0 Å². The second-order valence-electron chi connectivity index (χ2n) is 5.29. The summed E-state index contributed by atoms with van der Waals surface area (Å²) in [6.07, 6.45) is 4.43. The van der Waals surface area contributed by atoms with Crippen LogP contribution in [0.25, 0.3) is 0 Å². The fraction of sp³-hybridized carbons (Fsp3) is 0.714. The maximum absolute atomic E-state index is 5.64. The third-order valence-corrected chi connectivity index (χ3v) is 4.02. The molecule has 0 radical (unpaired) electrons. The van der Waals surface area contributed by atoms with E-state index >= 15 is 0 Å². The number of aryl methyl sites for hydroxylation is 1. The van der Waals surface area contributed by atoms with Crippen molar-refractivity contribution in [3.05, 3.63) is 17.5 Å². The molecule has 5 nitrogen and oxygen atoms in total. The molecule has 1 fully saturated rings. The van der Waals surface area contributed by atoms with Gasteiger partial charge in [-0.2, -0.15) is 0 Å². The van der Waals surface area contributed by atoms with Crippen LogP contribution in [-0.4, -0.2) is 47.6 Å². The van der Waals surface area contributed by atoms with E-state index in [2.05, 4.69) is 33.7 Å². The van der Waals surface area contributed by atoms with Crippen molar-refractivity contribution >= 4 is 5.95 Å². The molecule has 1 aromatic rings. The van der Waals surface area contributed by atoms with Crippen molar-refractivity contribution in [2.24, 2.45) is 5.73 Å². The van der Waals surface area contributed by atoms with Crippen LogP contribution in [0.15, 0.2) is 6.20 Å². The molecule has 2 N–H and O–H groups in total. The first-order valence-corrected chi connectivity index (χ1v) is 7.13. The van der Waals surface area contributed by atoms with Crippen LogP contribution in [-0.2, 0) is 6.54 Å². The Balaban J connectivity index is 2.03. The predicted molar refractivity (Wildman–Crippen MR) is 78.2 cm³/mol. The number of nitrogens with two attached hydrogens (primary N) is 1. The van der Waals surface area contributed by atoms with Crippen LogP contribution >= 0.6 is 0 Å². The minimum atomic E-state index is 0.502. The van der Waals surface area contributed by atoms with E-state index in [-0.39, 0.29) is 0 Å². The molecule has 0 amide bonds. The van der Waals surface area contributed by atoms with E-state index in [4.69, 9.17) is 5.73 Å². The van der Waals surface area contributed by atoms with Crippen LogP contribution in [0.1, 0.15) is 31.0 Å². The second kappa shape index (κ2) is 6.30. The van der Waals surface area contributed by atoms with Crippen LogP contribution in [0.4, 0.5) is 5.95 Å². The highest BCUT2D eigenvalue weighted by Gasteiger charge is 2.24. The van der Waals surface area contributed by atoms with E-state index in [0.717, 1.165) is 30.3 Å². The third-order valence-electron chi connectivity index (χ3n) is 4.02. The molecule has 1 aliphatic rings. The zero-order valence-electron chi connectivity index (χ0n) is 12.3. The average Bonchev–Trinajstić information content (AvgIpc) is 2.85. The zero-order valence-corrected chi connectivity index (χ0v) is 12.3. The quantitative estimate of drug-likeness (QED) is 0.864. The summed E-state index contributed by atoms with van der Waals surface area (Å²) in [5.74, 6) is 0.803. The largest absolute Gasteiger partial charge is 0.342 e. The summed E-state index contributed by atoms with van der Waals surface area (Å²) >= 11 is 0. The molecule has 0 aliphatic carbocycles. The molecule has 1 saturated heterocycles. The lowest BCUT2D eigenvalue weighted by Crippen LogP contribution is -2.39. The van der Waals surface area contributed by atoms with Gasteiger partial charge in [0, 0.05) is 43.6 Å². The molecule has 1 atom stereocenters. The van der Waals surface area contributed by atoms with Crippen molar-refractivity contribution in [3.63, 3.8) is 0 Å². The van der Waals surface area contributed by atoms with Gasteiger partial charge in [0.2, 0.25) is 5.95 Å². The van der Waals surface area contributed by atoms with E-state index in [0.29, 0.717) is 12.6 Å². The third kappa shape index (κ3) is 3.22. The number of hydrogen-bond donors (Lipinski definition) is 1. The number of aromatic nitrogens is 2. The van der Waals surface area contributed by atoms with Crippen molar-refractivity contribution in [3.8, 4) is 0 Å². The molecule has 2 rings (SSSR count). The van der Waals surface area contributed by atoms with Crippen LogP contribution in [0.5, 0.6) is 0 Å². The Morgan fingerprint density at radius 3 is 2.95 bits per heavy atom. The monoisotopic (exact) mass is 263 g/mol. The van der Waals surface area contributed by atoms with E-state index in [1.54, 1.807) is 0 Å². The Hall–Kier alpha value is -1.20. The molecule has 106 valence electrons. The summed E-state index contributed by atoms with van der Waals surface area (Å²) in [5.41, 5.74) is 7.65. The van der Waals surface area contributed by atoms with Crippen molar-refractivity contribution in [2.75, 3.05) is 31.6 Å². The number of likely N-dealkylation sites (tertiary alicyclic amines) is 1. The summed E-state index contributed by atoms with van der Waals surface area (Å²) in [5, 5.41) is 0. The van der Waals surface area contributed by atoms with Crippen molar-refractivity contribution < 1.29 is 0 Å². The average molecular weight is 263 g/mol. The number of likely N-dealkylation sites (N-methyl/N-ethyl adjacent to an activating group) is 2. The minimum absolute atomic E-state index is 0.502. The summed E-state index contributed by atoms with van der Waals surface area (Å²) in [4.78, 5) is 13.7. The molecule has 5 heteroatoms. The molecule has 1 unspecified atom stereocenters. The number of nitrogens with zero attached hydrogens (tertiary/aromatic N) is 4. The summed E-state index contributed by atoms with van der Waals surface area (Å²) < 4.78 is 0. The second-order valence-corrected chi connectivity index (χ2v) is 5.29. The smallest absolute Gasteiger partial charge is 0.225 e. The lowest BCUT2D eigenvalue weighted by molar-refractivity contribution is 0.270. The summed E-state index contributed by atoms with van der Waals surface area (Å²) in [7, 11) is 2.07. The molecule has 0 spiro atoms. The highest BCUT2D eigenvalue weighted by Crippen LogP contribution is 2.19. The SMILES string of the molecule is CCN1CCCC1CN(C)c1ncc(CN)c(C)n1. The minimum Gasteiger partial charge on any atom is -0.342 e. The zero-order chi connectivity index (χ0) is 13.8. The Morgan fingerprint density at radius 1 is 1.53 bits per heavy atom. The van der Waals surface area contributed by atoms with Gasteiger partial charge in [0.25, 0.3) is 0 Å². The Morgan fingerprint density at radius 2 is 2.32 bits per heavy atom. The Labute approximate surface area is 115 Å². The summed E-state index contributed by atoms with van der Waals surface area (Å²) in [6.45, 7) is 8.08. The fourth-order valence-corrected chi connectivity index (χ4v) is 2.78. The molecular weight excluding hydrogens is 238 g/mol. The van der Waals surface area contributed by atoms with Gasteiger partial charge in [-0.3, -0.25) is 4.90 Å². The van der Waals surface area contributed by atoms with Crippen LogP contribution in [0, 0.1) is 6.92 Å². The van der Waals surface area contributed by atoms with Crippen molar-refractivity contribution in [1.29, 1.82) is 0 Å². The van der Waals surface area contributed by atoms with Crippen LogP contribution in [0.3, 0.4) is 0 Å². The molecule has 0 saturated carbocycles. The maximum atomic E-state index is 5.64. The van der Waals surface area contributed by atoms with Gasteiger partial charge in [-0.25, -0.2) is 9.97 Å². The van der Waals surface area contributed by atoms with Gasteiger partial charge in [0.1, 0.15) is 0 Å². The molecule has 1 aromatic heterocycles. The molecule has 19 heavy (non-hydrogen) atoms. The van der Waals surface area contributed by atoms with Crippen molar-refractivity contribution in [1.82, 2.24) is 14.9 Å². The normalized spacial score (nSPS) is 19.9. The standard InChI is InChI=1S/C14H25N5/c1-4-19-7-5-6-13(19)10-18(3)14-16-9-12(8-15)11(2)17-14/h9,13H,4-8,10,15H2,1-3H3. The highest BCUT2D eigenvalue weighted by atomic mass is 15.3. The van der Waals surface area contributed by atoms with Gasteiger partial charge in [0.05, 0.1) is 0 Å². The first-order chi connectivity index (χ1) is 9.15. The number of anilines is 1. The van der Waals surface area contributed by atoms with E-state index in [1.165, 1.54) is 19.4 Å². The predicted octanol–water partition coefficient (Wildman–Crippen LogP) is 1.16. The van der Waals surface area contributed by atoms with Gasteiger partial charge >= 0.3 is 0 Å². The topological polar surface area (TPSA) is 58.3 Å². The molecule has 2 heterocycles. The first kappa shape index (κ1) is 14.2. The van der Waals surface area contributed by atoms with Crippen LogP contribution in [0.2, 0.25) is 0 Å². The summed E-state index contributed by atoms with van der Waals surface area (Å²) in [6, 6.07) is 0.632. The van der Waals surface area contributed by atoms with Crippen LogP contribution < -0.4 is 10.6 Å². The van der Waals surface area contributed by atoms with Gasteiger partial charge < -0.3 is 10.6 Å². The highest BCUT2D eigenvalue weighted by molar-refractivity contribution is 5.32. The van der Waals surface area contributed by atoms with Gasteiger partial charge in [-0.05, 0) is 32.9 Å². The number of hydrogen-bond acceptors (Lipinski definition) is 5. The molecule has 0 aromatic carbocycles. The lowest BCUT2D eigenvalue weighted by atomic mass is 10.2. The fourth-order valence-electron chi connectivity index (χ4n) is 2.78. The molecular formula is C14H25N5. The van der Waals surface area contributed by atoms with Crippen molar-refractivity contribution in [2.45, 2.75) is 39.3 Å². The van der Waals surface area contributed by atoms with E-state index < -0.39 is 0 Å². The first-order valence-electron chi connectivity index (χ1n) is 7.13.